The molecule has 178 valence electrons. The van der Waals surface area contributed by atoms with Gasteiger partial charge in [-0.05, 0) is 71.2 Å². The molecule has 0 N–H and O–H groups in total. The summed E-state index contributed by atoms with van der Waals surface area (Å²) in [5, 5.41) is 0. The van der Waals surface area contributed by atoms with E-state index in [1.807, 2.05) is 4.90 Å². The van der Waals surface area contributed by atoms with Gasteiger partial charge in [-0.1, -0.05) is 66.7 Å². The van der Waals surface area contributed by atoms with E-state index in [4.69, 9.17) is 4.74 Å². The van der Waals surface area contributed by atoms with E-state index < -0.39 is 0 Å². The van der Waals surface area contributed by atoms with Crippen LogP contribution in [0.25, 0.3) is 16.7 Å². The highest BCUT2D eigenvalue weighted by atomic mass is 16.6. The largest absolute Gasteiger partial charge is 0.448 e. The van der Waals surface area contributed by atoms with Gasteiger partial charge in [0.25, 0.3) is 0 Å². The molecular formula is C31H32N2O2. The lowest BCUT2D eigenvalue weighted by molar-refractivity contribution is 0.0539. The van der Waals surface area contributed by atoms with Gasteiger partial charge in [0.15, 0.2) is 0 Å². The van der Waals surface area contributed by atoms with E-state index in [2.05, 4.69) is 97.9 Å². The van der Waals surface area contributed by atoms with Crippen LogP contribution in [0.2, 0.25) is 0 Å². The Kier molecular flexibility index (Phi) is 5.60. The van der Waals surface area contributed by atoms with Crippen molar-refractivity contribution in [1.82, 2.24) is 4.90 Å². The molecule has 1 aliphatic carbocycles. The van der Waals surface area contributed by atoms with Crippen LogP contribution < -0.4 is 4.90 Å². The third kappa shape index (κ3) is 3.91. The van der Waals surface area contributed by atoms with Gasteiger partial charge in [0, 0.05) is 31.7 Å². The minimum Gasteiger partial charge on any atom is -0.448 e. The second-order valence-corrected chi connectivity index (χ2v) is 10.2. The number of nitrogens with zero attached hydrogens (tertiary/aromatic N) is 2. The van der Waals surface area contributed by atoms with Crippen LogP contribution in [0.15, 0.2) is 78.9 Å². The zero-order valence-electron chi connectivity index (χ0n) is 20.5. The van der Waals surface area contributed by atoms with Gasteiger partial charge in [-0.25, -0.2) is 4.79 Å². The lowest BCUT2D eigenvalue weighted by Gasteiger charge is -2.44. The Balaban J connectivity index is 1.20. The lowest BCUT2D eigenvalue weighted by atomic mass is 9.83. The van der Waals surface area contributed by atoms with Crippen LogP contribution in [0.5, 0.6) is 0 Å². The van der Waals surface area contributed by atoms with Crippen LogP contribution in [0.3, 0.4) is 0 Å². The maximum atomic E-state index is 13.4. The molecule has 35 heavy (non-hydrogen) atoms. The van der Waals surface area contributed by atoms with E-state index in [0.717, 1.165) is 25.7 Å². The van der Waals surface area contributed by atoms with Crippen LogP contribution >= 0.6 is 0 Å². The number of benzene rings is 3. The molecule has 4 heteroatoms. The molecule has 0 aromatic heterocycles. The van der Waals surface area contributed by atoms with E-state index in [-0.39, 0.29) is 24.1 Å². The fourth-order valence-electron chi connectivity index (χ4n) is 6.17. The average Bonchev–Trinajstić information content (AvgIpc) is 3.20. The molecule has 3 aromatic carbocycles. The van der Waals surface area contributed by atoms with Crippen molar-refractivity contribution in [3.63, 3.8) is 0 Å². The summed E-state index contributed by atoms with van der Waals surface area (Å²) in [6.45, 7) is 0.380. The van der Waals surface area contributed by atoms with Crippen molar-refractivity contribution in [2.24, 2.45) is 0 Å². The molecule has 4 nitrogen and oxygen atoms in total. The van der Waals surface area contributed by atoms with Crippen molar-refractivity contribution >= 4 is 17.4 Å². The smallest absolute Gasteiger partial charge is 0.410 e. The minimum atomic E-state index is -0.167. The highest BCUT2D eigenvalue weighted by molar-refractivity contribution is 5.79. The number of anilines is 1. The molecule has 0 saturated carbocycles. The Hall–Kier alpha value is -3.53. The predicted molar refractivity (Wildman–Crippen MR) is 142 cm³/mol. The first-order valence-corrected chi connectivity index (χ1v) is 12.7. The van der Waals surface area contributed by atoms with E-state index in [1.165, 1.54) is 39.1 Å². The third-order valence-corrected chi connectivity index (χ3v) is 7.94. The van der Waals surface area contributed by atoms with Crippen molar-refractivity contribution in [1.29, 1.82) is 0 Å². The Labute approximate surface area is 207 Å². The third-order valence-electron chi connectivity index (χ3n) is 7.94. The van der Waals surface area contributed by atoms with Crippen molar-refractivity contribution in [3.05, 3.63) is 95.6 Å². The second-order valence-electron chi connectivity index (χ2n) is 10.2. The second kappa shape index (κ2) is 8.92. The molecule has 0 radical (unpaired) electrons. The van der Waals surface area contributed by atoms with Gasteiger partial charge < -0.3 is 9.64 Å². The van der Waals surface area contributed by atoms with Gasteiger partial charge in [-0.2, -0.15) is 0 Å². The first kappa shape index (κ1) is 22.0. The predicted octanol–water partition coefficient (Wildman–Crippen LogP) is 6.71. The maximum absolute atomic E-state index is 13.4. The van der Waals surface area contributed by atoms with Gasteiger partial charge in [-0.3, -0.25) is 4.90 Å². The molecule has 3 aromatic rings. The monoisotopic (exact) mass is 464 g/mol. The molecule has 2 aliphatic heterocycles. The standard InChI is InChI=1S/C31H32N2O2/c1-32(2)23-16-14-21(15-17-23)22-18-24-8-7-9-25(19-22)33(24)31(34)35-20-30-28-12-5-3-10-26(28)27-11-4-6-13-29(27)30/h3-6,10-18,24-25,30H,7-9,19-20H2,1-2H3. The van der Waals surface area contributed by atoms with Crippen LogP contribution in [-0.2, 0) is 4.74 Å². The molecule has 3 aliphatic rings. The molecule has 1 saturated heterocycles. The minimum absolute atomic E-state index is 0.0947. The maximum Gasteiger partial charge on any atom is 0.410 e. The molecule has 0 spiro atoms. The normalized spacial score (nSPS) is 20.6. The van der Waals surface area contributed by atoms with Gasteiger partial charge in [0.2, 0.25) is 0 Å². The molecule has 1 fully saturated rings. The highest BCUT2D eigenvalue weighted by Crippen LogP contribution is 2.45. The van der Waals surface area contributed by atoms with E-state index in [0.29, 0.717) is 6.61 Å². The molecule has 2 unspecified atom stereocenters. The Bertz CT molecular complexity index is 1230. The molecular weight excluding hydrogens is 432 g/mol. The first-order chi connectivity index (χ1) is 17.1. The zero-order chi connectivity index (χ0) is 23.9. The molecule has 1 amide bonds. The van der Waals surface area contributed by atoms with Crippen LogP contribution in [0.1, 0.15) is 48.3 Å². The molecule has 2 atom stereocenters. The van der Waals surface area contributed by atoms with Gasteiger partial charge in [0.1, 0.15) is 6.61 Å². The fourth-order valence-corrected chi connectivity index (χ4v) is 6.17. The van der Waals surface area contributed by atoms with E-state index in [1.54, 1.807) is 0 Å². The van der Waals surface area contributed by atoms with Crippen molar-refractivity contribution in [3.8, 4) is 11.1 Å². The summed E-state index contributed by atoms with van der Waals surface area (Å²) in [7, 11) is 4.12. The van der Waals surface area contributed by atoms with E-state index in [9.17, 15) is 4.79 Å². The number of piperidine rings is 1. The Morgan fingerprint density at radius 2 is 1.57 bits per heavy atom. The van der Waals surface area contributed by atoms with Crippen LogP contribution in [0.4, 0.5) is 10.5 Å². The summed E-state index contributed by atoms with van der Waals surface area (Å²) in [5.74, 6) is 0.0947. The van der Waals surface area contributed by atoms with E-state index >= 15 is 0 Å². The van der Waals surface area contributed by atoms with Gasteiger partial charge >= 0.3 is 6.09 Å². The van der Waals surface area contributed by atoms with Crippen molar-refractivity contribution in [2.75, 3.05) is 25.6 Å². The number of ether oxygens (including phenoxy) is 1. The Morgan fingerprint density at radius 1 is 0.914 bits per heavy atom. The number of rotatable bonds is 4. The summed E-state index contributed by atoms with van der Waals surface area (Å²) in [6, 6.07) is 26.1. The van der Waals surface area contributed by atoms with Crippen molar-refractivity contribution < 1.29 is 9.53 Å². The topological polar surface area (TPSA) is 32.8 Å². The summed E-state index contributed by atoms with van der Waals surface area (Å²) in [4.78, 5) is 17.6. The highest BCUT2D eigenvalue weighted by Gasteiger charge is 2.39. The number of hydrogen-bond acceptors (Lipinski definition) is 3. The number of hydrogen-bond donors (Lipinski definition) is 0. The van der Waals surface area contributed by atoms with Crippen LogP contribution in [0, 0.1) is 0 Å². The summed E-state index contributed by atoms with van der Waals surface area (Å²) >= 11 is 0. The molecule has 2 bridgehead atoms. The fraction of sp³-hybridized carbons (Fsp3) is 0.323. The Morgan fingerprint density at radius 3 is 2.20 bits per heavy atom. The molecule has 6 rings (SSSR count). The van der Waals surface area contributed by atoms with Gasteiger partial charge in [-0.15, -0.1) is 0 Å². The SMILES string of the molecule is CN(C)c1ccc(C2=CC3CCCC(C2)N3C(=O)OCC2c3ccccc3-c3ccccc32)cc1. The quantitative estimate of drug-likeness (QED) is 0.430. The average molecular weight is 465 g/mol. The number of fused-ring (bicyclic) bond motifs is 5. The summed E-state index contributed by atoms with van der Waals surface area (Å²) < 4.78 is 6.05. The number of carbonyl (C=O) groups excluding carboxylic acids is 1. The van der Waals surface area contributed by atoms with Gasteiger partial charge in [0.05, 0.1) is 6.04 Å². The molecule has 2 heterocycles. The zero-order valence-corrected chi connectivity index (χ0v) is 20.5. The lowest BCUT2D eigenvalue weighted by Crippen LogP contribution is -2.51. The van der Waals surface area contributed by atoms with Crippen molar-refractivity contribution in [2.45, 2.75) is 43.7 Å². The van der Waals surface area contributed by atoms with Crippen LogP contribution in [-0.4, -0.2) is 43.8 Å². The number of carbonyl (C=O) groups is 1. The summed E-state index contributed by atoms with van der Waals surface area (Å²) in [5.41, 5.74) is 8.84. The number of amides is 1. The first-order valence-electron chi connectivity index (χ1n) is 12.7. The summed E-state index contributed by atoms with van der Waals surface area (Å²) in [6.07, 6.45) is 6.23.